The Kier molecular flexibility index (Phi) is 4.77. The molecule has 0 saturated carbocycles. The van der Waals surface area contributed by atoms with E-state index in [9.17, 15) is 10.2 Å². The van der Waals surface area contributed by atoms with Gasteiger partial charge in [-0.1, -0.05) is 15.9 Å². The highest BCUT2D eigenvalue weighted by molar-refractivity contribution is 9.10. The molecule has 0 bridgehead atoms. The summed E-state index contributed by atoms with van der Waals surface area (Å²) in [6.45, 7) is 5.14. The topological polar surface area (TPSA) is 49.7 Å². The van der Waals surface area contributed by atoms with Crippen LogP contribution in [0.15, 0.2) is 22.7 Å². The van der Waals surface area contributed by atoms with Gasteiger partial charge in [0.1, 0.15) is 11.9 Å². The molecule has 90 valence electrons. The fourth-order valence-electron chi connectivity index (χ4n) is 1.25. The largest absolute Gasteiger partial charge is 0.488 e. The average Bonchev–Trinajstić information content (AvgIpc) is 2.20. The van der Waals surface area contributed by atoms with E-state index in [1.54, 1.807) is 26.8 Å². The van der Waals surface area contributed by atoms with E-state index in [2.05, 4.69) is 15.9 Å². The van der Waals surface area contributed by atoms with Gasteiger partial charge in [0.05, 0.1) is 12.2 Å². The fraction of sp³-hybridized carbons (Fsp3) is 0.500. The maximum absolute atomic E-state index is 9.62. The molecule has 1 rings (SSSR count). The van der Waals surface area contributed by atoms with Gasteiger partial charge in [0.2, 0.25) is 0 Å². The van der Waals surface area contributed by atoms with E-state index in [4.69, 9.17) is 4.74 Å². The van der Waals surface area contributed by atoms with Gasteiger partial charge in [0.15, 0.2) is 0 Å². The van der Waals surface area contributed by atoms with Crippen LogP contribution >= 0.6 is 15.9 Å². The van der Waals surface area contributed by atoms with Gasteiger partial charge >= 0.3 is 0 Å². The van der Waals surface area contributed by atoms with Crippen LogP contribution in [0.2, 0.25) is 0 Å². The van der Waals surface area contributed by atoms with Crippen molar-refractivity contribution in [2.24, 2.45) is 0 Å². The zero-order chi connectivity index (χ0) is 12.3. The molecule has 0 aliphatic heterocycles. The molecule has 3 atom stereocenters. The summed E-state index contributed by atoms with van der Waals surface area (Å²) in [5, 5.41) is 19.0. The molecule has 3 unspecified atom stereocenters. The molecule has 0 spiro atoms. The minimum Gasteiger partial charge on any atom is -0.488 e. The number of ether oxygens (including phenoxy) is 1. The molecular formula is C12H17BrO3. The van der Waals surface area contributed by atoms with Gasteiger partial charge < -0.3 is 14.9 Å². The number of halogens is 1. The van der Waals surface area contributed by atoms with Gasteiger partial charge in [0.25, 0.3) is 0 Å². The molecule has 1 aromatic carbocycles. The maximum Gasteiger partial charge on any atom is 0.125 e. The monoisotopic (exact) mass is 288 g/mol. The molecule has 0 fully saturated rings. The molecule has 3 nitrogen and oxygen atoms in total. The Hall–Kier alpha value is -0.580. The SMILES string of the molecule is CC(O)c1cc(Br)ccc1OC(C)C(C)O. The van der Waals surface area contributed by atoms with Crippen molar-refractivity contribution in [1.82, 2.24) is 0 Å². The standard InChI is InChI=1S/C12H17BrO3/c1-7(14)9(3)16-12-5-4-10(13)6-11(12)8(2)15/h4-9,14-15H,1-3H3. The first-order chi connectivity index (χ1) is 7.41. The third kappa shape index (κ3) is 3.47. The summed E-state index contributed by atoms with van der Waals surface area (Å²) in [6, 6.07) is 5.44. The molecule has 1 aromatic rings. The highest BCUT2D eigenvalue weighted by atomic mass is 79.9. The summed E-state index contributed by atoms with van der Waals surface area (Å²) in [7, 11) is 0. The van der Waals surface area contributed by atoms with Crippen molar-refractivity contribution >= 4 is 15.9 Å². The molecular weight excluding hydrogens is 272 g/mol. The summed E-state index contributed by atoms with van der Waals surface area (Å²) in [6.07, 6.45) is -1.46. The van der Waals surface area contributed by atoms with Crippen LogP contribution in [0.5, 0.6) is 5.75 Å². The van der Waals surface area contributed by atoms with Gasteiger partial charge in [-0.15, -0.1) is 0 Å². The van der Waals surface area contributed by atoms with Crippen molar-refractivity contribution in [3.05, 3.63) is 28.2 Å². The van der Waals surface area contributed by atoms with Crippen molar-refractivity contribution in [3.63, 3.8) is 0 Å². The minimum atomic E-state index is -0.603. The van der Waals surface area contributed by atoms with Crippen LogP contribution < -0.4 is 4.74 Å². The number of rotatable bonds is 4. The highest BCUT2D eigenvalue weighted by Crippen LogP contribution is 2.29. The van der Waals surface area contributed by atoms with Crippen LogP contribution in [0, 0.1) is 0 Å². The zero-order valence-corrected chi connectivity index (χ0v) is 11.2. The van der Waals surface area contributed by atoms with Crippen LogP contribution in [-0.4, -0.2) is 22.4 Å². The van der Waals surface area contributed by atoms with Crippen LogP contribution in [0.1, 0.15) is 32.4 Å². The van der Waals surface area contributed by atoms with E-state index < -0.39 is 12.2 Å². The average molecular weight is 289 g/mol. The van der Waals surface area contributed by atoms with Crippen molar-refractivity contribution in [1.29, 1.82) is 0 Å². The smallest absolute Gasteiger partial charge is 0.125 e. The van der Waals surface area contributed by atoms with Gasteiger partial charge in [-0.3, -0.25) is 0 Å². The van der Waals surface area contributed by atoms with E-state index >= 15 is 0 Å². The Morgan fingerprint density at radius 2 is 1.81 bits per heavy atom. The van der Waals surface area contributed by atoms with E-state index in [1.807, 2.05) is 12.1 Å². The lowest BCUT2D eigenvalue weighted by molar-refractivity contribution is 0.0577. The van der Waals surface area contributed by atoms with Crippen molar-refractivity contribution in [2.75, 3.05) is 0 Å². The lowest BCUT2D eigenvalue weighted by Crippen LogP contribution is -2.26. The predicted molar refractivity (Wildman–Crippen MR) is 66.5 cm³/mol. The predicted octanol–water partition coefficient (Wildman–Crippen LogP) is 2.65. The van der Waals surface area contributed by atoms with Gasteiger partial charge in [-0.25, -0.2) is 0 Å². The van der Waals surface area contributed by atoms with Crippen molar-refractivity contribution in [3.8, 4) is 5.75 Å². The summed E-state index contributed by atoms with van der Waals surface area (Å²) in [4.78, 5) is 0. The number of hydrogen-bond acceptors (Lipinski definition) is 3. The first-order valence-corrected chi connectivity index (χ1v) is 6.03. The molecule has 4 heteroatoms. The summed E-state index contributed by atoms with van der Waals surface area (Å²) >= 11 is 3.34. The third-order valence-electron chi connectivity index (χ3n) is 2.41. The Bertz CT molecular complexity index is 350. The second kappa shape index (κ2) is 5.66. The zero-order valence-electron chi connectivity index (χ0n) is 9.64. The number of benzene rings is 1. The fourth-order valence-corrected chi connectivity index (χ4v) is 1.63. The molecule has 0 amide bonds. The van der Waals surface area contributed by atoms with Crippen LogP contribution in [0.4, 0.5) is 0 Å². The minimum absolute atomic E-state index is 0.307. The summed E-state index contributed by atoms with van der Waals surface area (Å²) in [5.41, 5.74) is 0.710. The Labute approximate surface area is 104 Å². The lowest BCUT2D eigenvalue weighted by atomic mass is 10.1. The Morgan fingerprint density at radius 1 is 1.19 bits per heavy atom. The molecule has 0 radical (unpaired) electrons. The Balaban J connectivity index is 2.95. The Morgan fingerprint density at radius 3 is 2.31 bits per heavy atom. The second-order valence-corrected chi connectivity index (χ2v) is 4.84. The normalized spacial score (nSPS) is 16.6. The molecule has 0 heterocycles. The van der Waals surface area contributed by atoms with Crippen molar-refractivity contribution in [2.45, 2.75) is 39.1 Å². The molecule has 0 saturated heterocycles. The molecule has 2 N–H and O–H groups in total. The van der Waals surface area contributed by atoms with Crippen LogP contribution in [0.3, 0.4) is 0 Å². The quantitative estimate of drug-likeness (QED) is 0.896. The van der Waals surface area contributed by atoms with E-state index in [-0.39, 0.29) is 6.10 Å². The van der Waals surface area contributed by atoms with Gasteiger partial charge in [-0.2, -0.15) is 0 Å². The first-order valence-electron chi connectivity index (χ1n) is 5.24. The van der Waals surface area contributed by atoms with Gasteiger partial charge in [0, 0.05) is 10.0 Å². The molecule has 0 aliphatic carbocycles. The van der Waals surface area contributed by atoms with Gasteiger partial charge in [-0.05, 0) is 39.0 Å². The summed E-state index contributed by atoms with van der Waals surface area (Å²) < 4.78 is 6.48. The third-order valence-corrected chi connectivity index (χ3v) is 2.91. The number of aliphatic hydroxyl groups excluding tert-OH is 2. The molecule has 0 aliphatic rings. The van der Waals surface area contributed by atoms with E-state index in [0.717, 1.165) is 4.47 Å². The molecule has 16 heavy (non-hydrogen) atoms. The number of hydrogen-bond donors (Lipinski definition) is 2. The van der Waals surface area contributed by atoms with E-state index in [1.165, 1.54) is 0 Å². The second-order valence-electron chi connectivity index (χ2n) is 3.92. The first kappa shape index (κ1) is 13.5. The van der Waals surface area contributed by atoms with Crippen molar-refractivity contribution < 1.29 is 14.9 Å². The van der Waals surface area contributed by atoms with Crippen LogP contribution in [0.25, 0.3) is 0 Å². The summed E-state index contributed by atoms with van der Waals surface area (Å²) in [5.74, 6) is 0.603. The lowest BCUT2D eigenvalue weighted by Gasteiger charge is -2.20. The maximum atomic E-state index is 9.62. The van der Waals surface area contributed by atoms with E-state index in [0.29, 0.717) is 11.3 Å². The highest BCUT2D eigenvalue weighted by Gasteiger charge is 2.15. The van der Waals surface area contributed by atoms with Crippen LogP contribution in [-0.2, 0) is 0 Å². The molecule has 0 aromatic heterocycles. The number of aliphatic hydroxyl groups is 2.